The minimum atomic E-state index is -0.570. The summed E-state index contributed by atoms with van der Waals surface area (Å²) in [7, 11) is 0. The van der Waals surface area contributed by atoms with Crippen molar-refractivity contribution in [1.82, 2.24) is 10.6 Å². The lowest BCUT2D eigenvalue weighted by atomic mass is 9.49. The Labute approximate surface area is 149 Å². The lowest BCUT2D eigenvalue weighted by Crippen LogP contribution is -2.56. The van der Waals surface area contributed by atoms with Gasteiger partial charge < -0.3 is 10.1 Å². The van der Waals surface area contributed by atoms with E-state index in [0.29, 0.717) is 11.8 Å². The third-order valence-electron chi connectivity index (χ3n) is 5.92. The summed E-state index contributed by atoms with van der Waals surface area (Å²) < 4.78 is 5.38. The fourth-order valence-corrected chi connectivity index (χ4v) is 6.74. The van der Waals surface area contributed by atoms with Gasteiger partial charge in [-0.2, -0.15) is 0 Å². The molecule has 0 aromatic heterocycles. The Bertz CT molecular complexity index is 575. The quantitative estimate of drug-likeness (QED) is 0.561. The van der Waals surface area contributed by atoms with E-state index in [2.05, 4.69) is 26.6 Å². The van der Waals surface area contributed by atoms with E-state index in [1.54, 1.807) is 0 Å². The topological polar surface area (TPSA) is 84.5 Å². The fraction of sp³-hybridized carbons (Fsp3) is 0.824. The summed E-state index contributed by atoms with van der Waals surface area (Å²) in [4.78, 5) is 36.0. The largest absolute Gasteiger partial charge is 0.455 e. The molecule has 2 unspecified atom stereocenters. The first-order chi connectivity index (χ1) is 11.4. The third-order valence-corrected chi connectivity index (χ3v) is 6.85. The van der Waals surface area contributed by atoms with E-state index in [1.807, 2.05) is 0 Å². The molecule has 0 aromatic rings. The Kier molecular flexibility index (Phi) is 3.90. The predicted molar refractivity (Wildman–Crippen MR) is 89.4 cm³/mol. The molecule has 5 saturated carbocycles. The van der Waals surface area contributed by atoms with Crippen LogP contribution in [0.2, 0.25) is 0 Å². The molecular formula is C17H23BrN2O4. The number of ether oxygens (including phenoxy) is 1. The Balaban J connectivity index is 1.31. The SMILES string of the molecule is O=C(COC(=O)C12C[C@@H]3C[C@@H](CC(Br)(C3)C1)C2)NC(=O)NC1CC1. The Hall–Kier alpha value is -1.11. The highest BCUT2D eigenvalue weighted by Gasteiger charge is 2.60. The molecule has 0 saturated heterocycles. The molecule has 5 aliphatic carbocycles. The van der Waals surface area contributed by atoms with Gasteiger partial charge >= 0.3 is 12.0 Å². The number of hydrogen-bond acceptors (Lipinski definition) is 4. The molecule has 6 nitrogen and oxygen atoms in total. The summed E-state index contributed by atoms with van der Waals surface area (Å²) in [5.74, 6) is 0.325. The number of esters is 1. The van der Waals surface area contributed by atoms with Crippen LogP contribution in [0.15, 0.2) is 0 Å². The zero-order valence-electron chi connectivity index (χ0n) is 13.6. The van der Waals surface area contributed by atoms with Crippen molar-refractivity contribution in [1.29, 1.82) is 0 Å². The van der Waals surface area contributed by atoms with Gasteiger partial charge in [0.1, 0.15) is 0 Å². The molecule has 4 bridgehead atoms. The van der Waals surface area contributed by atoms with E-state index in [9.17, 15) is 14.4 Å². The molecule has 5 fully saturated rings. The fourth-order valence-electron chi connectivity index (χ4n) is 5.29. The van der Waals surface area contributed by atoms with E-state index >= 15 is 0 Å². The monoisotopic (exact) mass is 398 g/mol. The summed E-state index contributed by atoms with van der Waals surface area (Å²) >= 11 is 3.86. The van der Waals surface area contributed by atoms with Crippen LogP contribution in [-0.2, 0) is 14.3 Å². The highest BCUT2D eigenvalue weighted by atomic mass is 79.9. The number of carbonyl (C=O) groups is 3. The predicted octanol–water partition coefficient (Wildman–Crippen LogP) is 2.25. The molecular weight excluding hydrogens is 376 g/mol. The molecule has 24 heavy (non-hydrogen) atoms. The van der Waals surface area contributed by atoms with Crippen LogP contribution in [0.5, 0.6) is 0 Å². The second kappa shape index (κ2) is 5.71. The van der Waals surface area contributed by atoms with Gasteiger partial charge in [-0.25, -0.2) is 4.79 Å². The van der Waals surface area contributed by atoms with Crippen molar-refractivity contribution in [2.75, 3.05) is 6.61 Å². The van der Waals surface area contributed by atoms with Crippen LogP contribution in [0.25, 0.3) is 0 Å². The first kappa shape index (κ1) is 16.4. The van der Waals surface area contributed by atoms with Gasteiger partial charge in [0.25, 0.3) is 5.91 Å². The summed E-state index contributed by atoms with van der Waals surface area (Å²) in [5.41, 5.74) is -0.440. The molecule has 4 atom stereocenters. The molecule has 0 aliphatic heterocycles. The molecule has 0 heterocycles. The minimum absolute atomic E-state index is 0.0719. The molecule has 2 N–H and O–H groups in total. The van der Waals surface area contributed by atoms with Gasteiger partial charge in [0, 0.05) is 10.4 Å². The number of hydrogen-bond donors (Lipinski definition) is 2. The van der Waals surface area contributed by atoms with Crippen molar-refractivity contribution in [3.63, 3.8) is 0 Å². The zero-order valence-corrected chi connectivity index (χ0v) is 15.2. The summed E-state index contributed by atoms with van der Waals surface area (Å²) in [6.45, 7) is -0.386. The molecule has 5 aliphatic rings. The van der Waals surface area contributed by atoms with E-state index in [1.165, 1.54) is 6.42 Å². The number of amides is 3. The molecule has 7 heteroatoms. The molecule has 0 spiro atoms. The summed E-state index contributed by atoms with van der Waals surface area (Å²) in [6, 6.07) is -0.324. The van der Waals surface area contributed by atoms with Crippen molar-refractivity contribution in [2.45, 2.75) is 61.7 Å². The van der Waals surface area contributed by atoms with Gasteiger partial charge in [0.15, 0.2) is 6.61 Å². The van der Waals surface area contributed by atoms with Crippen LogP contribution in [0.1, 0.15) is 51.4 Å². The van der Waals surface area contributed by atoms with Crippen molar-refractivity contribution < 1.29 is 19.1 Å². The molecule has 0 radical (unpaired) electrons. The molecule has 5 rings (SSSR count). The van der Waals surface area contributed by atoms with Gasteiger partial charge in [-0.1, -0.05) is 15.9 Å². The number of alkyl halides is 1. The van der Waals surface area contributed by atoms with Crippen molar-refractivity contribution in [3.05, 3.63) is 0 Å². The minimum Gasteiger partial charge on any atom is -0.455 e. The van der Waals surface area contributed by atoms with Crippen LogP contribution >= 0.6 is 15.9 Å². The average Bonchev–Trinajstić information content (AvgIpc) is 3.25. The summed E-state index contributed by atoms with van der Waals surface area (Å²) in [5, 5.41) is 4.88. The maximum absolute atomic E-state index is 12.7. The Morgan fingerprint density at radius 2 is 1.75 bits per heavy atom. The second-order valence-corrected chi connectivity index (χ2v) is 9.95. The van der Waals surface area contributed by atoms with Crippen LogP contribution in [-0.4, -0.2) is 34.9 Å². The van der Waals surface area contributed by atoms with Crippen LogP contribution in [0.4, 0.5) is 4.79 Å². The van der Waals surface area contributed by atoms with E-state index in [0.717, 1.165) is 44.9 Å². The van der Waals surface area contributed by atoms with Gasteiger partial charge in [-0.3, -0.25) is 14.9 Å². The van der Waals surface area contributed by atoms with E-state index < -0.39 is 17.4 Å². The first-order valence-electron chi connectivity index (χ1n) is 8.82. The van der Waals surface area contributed by atoms with Crippen LogP contribution < -0.4 is 10.6 Å². The highest BCUT2D eigenvalue weighted by molar-refractivity contribution is 9.10. The number of imide groups is 1. The van der Waals surface area contributed by atoms with Crippen LogP contribution in [0, 0.1) is 17.3 Å². The number of nitrogens with one attached hydrogen (secondary N) is 2. The van der Waals surface area contributed by atoms with Crippen LogP contribution in [0.3, 0.4) is 0 Å². The molecule has 3 amide bonds. The first-order valence-corrected chi connectivity index (χ1v) is 9.62. The van der Waals surface area contributed by atoms with Crippen molar-refractivity contribution in [3.8, 4) is 0 Å². The maximum Gasteiger partial charge on any atom is 0.321 e. The van der Waals surface area contributed by atoms with Gasteiger partial charge in [-0.15, -0.1) is 0 Å². The number of carbonyl (C=O) groups excluding carboxylic acids is 3. The Morgan fingerprint density at radius 3 is 2.33 bits per heavy atom. The lowest BCUT2D eigenvalue weighted by Gasteiger charge is -2.58. The lowest BCUT2D eigenvalue weighted by molar-refractivity contribution is -0.171. The normalized spacial score (nSPS) is 39.4. The highest BCUT2D eigenvalue weighted by Crippen LogP contribution is 2.64. The van der Waals surface area contributed by atoms with Crippen molar-refractivity contribution >= 4 is 33.8 Å². The van der Waals surface area contributed by atoms with E-state index in [-0.39, 0.29) is 22.9 Å². The summed E-state index contributed by atoms with van der Waals surface area (Å²) in [6.07, 6.45) is 7.95. The van der Waals surface area contributed by atoms with E-state index in [4.69, 9.17) is 4.74 Å². The number of rotatable bonds is 4. The van der Waals surface area contributed by atoms with Gasteiger partial charge in [-0.05, 0) is 63.2 Å². The third kappa shape index (κ3) is 3.19. The smallest absolute Gasteiger partial charge is 0.321 e. The zero-order chi connectivity index (χ0) is 16.9. The number of halogens is 1. The molecule has 0 aromatic carbocycles. The standard InChI is InChI=1S/C17H23BrN2O4/c18-17-6-10-3-11(7-17)5-16(4-10,9-17)14(22)24-8-13(21)20-15(23)19-12-1-2-12/h10-12H,1-9H2,(H2,19,20,21,23)/t10-,11+,16?,17?. The Morgan fingerprint density at radius 1 is 1.08 bits per heavy atom. The molecule has 132 valence electrons. The van der Waals surface area contributed by atoms with Crippen molar-refractivity contribution in [2.24, 2.45) is 17.3 Å². The van der Waals surface area contributed by atoms with Gasteiger partial charge in [0.2, 0.25) is 0 Å². The maximum atomic E-state index is 12.7. The number of urea groups is 1. The van der Waals surface area contributed by atoms with Gasteiger partial charge in [0.05, 0.1) is 5.41 Å². The average molecular weight is 399 g/mol. The second-order valence-electron chi connectivity index (χ2n) is 8.26.